The molecule has 1 aliphatic heterocycles. The maximum absolute atomic E-state index is 13.8. The van der Waals surface area contributed by atoms with Crippen molar-refractivity contribution < 1.29 is 26.3 Å². The van der Waals surface area contributed by atoms with Crippen molar-refractivity contribution in [3.63, 3.8) is 0 Å². The lowest BCUT2D eigenvalue weighted by Gasteiger charge is -2.42. The molecule has 2 aromatic rings. The van der Waals surface area contributed by atoms with Crippen LogP contribution in [0.15, 0.2) is 70.6 Å². The molecule has 9 heteroatoms. The van der Waals surface area contributed by atoms with Crippen molar-refractivity contribution in [3.05, 3.63) is 71.8 Å². The third-order valence-corrected chi connectivity index (χ3v) is 4.87. The summed E-state index contributed by atoms with van der Waals surface area (Å²) in [4.78, 5) is 7.79. The second kappa shape index (κ2) is 7.77. The van der Waals surface area contributed by atoms with Crippen LogP contribution in [0.5, 0.6) is 0 Å². The van der Waals surface area contributed by atoms with Crippen LogP contribution in [0.2, 0.25) is 0 Å². The summed E-state index contributed by atoms with van der Waals surface area (Å²) in [5, 5.41) is 0. The number of hydrogen-bond donors (Lipinski definition) is 0. The number of halogens is 6. The largest absolute Gasteiger partial charge is 0.443 e. The van der Waals surface area contributed by atoms with Gasteiger partial charge in [-0.15, -0.1) is 0 Å². The summed E-state index contributed by atoms with van der Waals surface area (Å²) in [6, 6.07) is 15.7. The predicted octanol–water partition coefficient (Wildman–Crippen LogP) is 6.14. The van der Waals surface area contributed by atoms with Crippen molar-refractivity contribution in [2.75, 3.05) is 0 Å². The maximum Gasteiger partial charge on any atom is 0.443 e. The molecule has 0 radical (unpaired) electrons. The predicted molar refractivity (Wildman–Crippen MR) is 102 cm³/mol. The van der Waals surface area contributed by atoms with Crippen molar-refractivity contribution in [3.8, 4) is 0 Å². The first-order valence-electron chi connectivity index (χ1n) is 9.23. The third kappa shape index (κ3) is 3.68. The quantitative estimate of drug-likeness (QED) is 0.539. The van der Waals surface area contributed by atoms with Gasteiger partial charge >= 0.3 is 18.0 Å². The van der Waals surface area contributed by atoms with E-state index in [-0.39, 0.29) is 17.8 Å². The Morgan fingerprint density at radius 3 is 1.80 bits per heavy atom. The molecule has 1 aliphatic rings. The monoisotopic (exact) mass is 427 g/mol. The molecule has 0 fully saturated rings. The number of alkyl halides is 6. The van der Waals surface area contributed by atoms with Gasteiger partial charge in [0.1, 0.15) is 11.7 Å². The fourth-order valence-corrected chi connectivity index (χ4v) is 3.34. The maximum atomic E-state index is 13.8. The molecule has 0 bridgehead atoms. The van der Waals surface area contributed by atoms with Crippen molar-refractivity contribution in [1.29, 1.82) is 0 Å². The van der Waals surface area contributed by atoms with Crippen LogP contribution < -0.4 is 0 Å². The first-order valence-corrected chi connectivity index (χ1v) is 9.23. The highest BCUT2D eigenvalue weighted by atomic mass is 19.4. The van der Waals surface area contributed by atoms with Gasteiger partial charge in [-0.25, -0.2) is 9.98 Å². The van der Waals surface area contributed by atoms with Gasteiger partial charge in [0, 0.05) is 12.0 Å². The molecule has 160 valence electrons. The molecular weight excluding hydrogens is 408 g/mol. The molecule has 0 aromatic heterocycles. The summed E-state index contributed by atoms with van der Waals surface area (Å²) in [7, 11) is 0. The highest BCUT2D eigenvalue weighted by molar-refractivity contribution is 6.11. The number of aliphatic imine (C=N–C) groups is 2. The molecule has 0 aliphatic carbocycles. The van der Waals surface area contributed by atoms with E-state index in [1.54, 1.807) is 43.3 Å². The second-order valence-electron chi connectivity index (χ2n) is 6.81. The SMILES string of the molecule is CCC1=NC(C(F)(F)F)(C(F)(F)F)N=C(c2ccccc2)N1C(C)c1ccccc1. The van der Waals surface area contributed by atoms with Crippen LogP contribution in [0.1, 0.15) is 37.4 Å². The Morgan fingerprint density at radius 1 is 0.833 bits per heavy atom. The Hall–Kier alpha value is -2.84. The van der Waals surface area contributed by atoms with Crippen LogP contribution in [-0.4, -0.2) is 34.6 Å². The number of nitrogens with zero attached hydrogens (tertiary/aromatic N) is 3. The molecular formula is C21H19F6N3. The molecule has 1 heterocycles. The van der Waals surface area contributed by atoms with E-state index in [0.717, 1.165) is 0 Å². The van der Waals surface area contributed by atoms with Crippen molar-refractivity contribution in [2.24, 2.45) is 9.98 Å². The van der Waals surface area contributed by atoms with Crippen LogP contribution in [0.25, 0.3) is 0 Å². The minimum absolute atomic E-state index is 0.138. The summed E-state index contributed by atoms with van der Waals surface area (Å²) in [6.45, 7) is 3.15. The zero-order valence-electron chi connectivity index (χ0n) is 16.2. The summed E-state index contributed by atoms with van der Waals surface area (Å²) in [6.07, 6.45) is -11.7. The van der Waals surface area contributed by atoms with E-state index in [1.807, 2.05) is 0 Å². The summed E-state index contributed by atoms with van der Waals surface area (Å²) < 4.78 is 82.7. The molecule has 3 rings (SSSR count). The molecule has 1 atom stereocenters. The van der Waals surface area contributed by atoms with Gasteiger partial charge in [-0.3, -0.25) is 0 Å². The van der Waals surface area contributed by atoms with Gasteiger partial charge in [-0.1, -0.05) is 67.6 Å². The molecule has 3 nitrogen and oxygen atoms in total. The van der Waals surface area contributed by atoms with Crippen molar-refractivity contribution >= 4 is 11.7 Å². The van der Waals surface area contributed by atoms with E-state index in [9.17, 15) is 26.3 Å². The molecule has 2 aromatic carbocycles. The normalized spacial score (nSPS) is 17.9. The van der Waals surface area contributed by atoms with Gasteiger partial charge < -0.3 is 4.90 Å². The minimum Gasteiger partial charge on any atom is -0.307 e. The van der Waals surface area contributed by atoms with Crippen molar-refractivity contribution in [2.45, 2.75) is 44.3 Å². The van der Waals surface area contributed by atoms with Gasteiger partial charge in [-0.05, 0) is 12.5 Å². The zero-order chi connectivity index (χ0) is 22.2. The van der Waals surface area contributed by atoms with Crippen LogP contribution in [0.3, 0.4) is 0 Å². The average molecular weight is 427 g/mol. The fraction of sp³-hybridized carbons (Fsp3) is 0.333. The van der Waals surface area contributed by atoms with E-state index in [2.05, 4.69) is 9.98 Å². The number of amidine groups is 2. The van der Waals surface area contributed by atoms with Gasteiger partial charge in [0.25, 0.3) is 0 Å². The van der Waals surface area contributed by atoms with E-state index >= 15 is 0 Å². The standard InChI is InChI=1S/C21H19F6N3/c1-3-17-28-19(20(22,23)24,21(25,26)27)29-18(16-12-8-5-9-13-16)30(17)14(2)15-10-6-4-7-11-15/h4-14H,3H2,1-2H3. The smallest absolute Gasteiger partial charge is 0.307 e. The number of rotatable bonds is 4. The van der Waals surface area contributed by atoms with E-state index in [1.165, 1.54) is 36.1 Å². The average Bonchev–Trinajstić information content (AvgIpc) is 2.71. The molecule has 0 amide bonds. The van der Waals surface area contributed by atoms with Crippen LogP contribution >= 0.6 is 0 Å². The second-order valence-corrected chi connectivity index (χ2v) is 6.81. The minimum atomic E-state index is -5.76. The van der Waals surface area contributed by atoms with Gasteiger partial charge in [0.2, 0.25) is 0 Å². The van der Waals surface area contributed by atoms with Crippen LogP contribution in [0, 0.1) is 0 Å². The zero-order valence-corrected chi connectivity index (χ0v) is 16.2. The topological polar surface area (TPSA) is 28.0 Å². The molecule has 0 saturated carbocycles. The first-order chi connectivity index (χ1) is 14.0. The Labute approximate surface area is 169 Å². The number of benzene rings is 2. The molecule has 1 unspecified atom stereocenters. The Balaban J connectivity index is 2.29. The van der Waals surface area contributed by atoms with Crippen LogP contribution in [-0.2, 0) is 0 Å². The van der Waals surface area contributed by atoms with E-state index in [0.29, 0.717) is 5.56 Å². The highest BCUT2D eigenvalue weighted by Crippen LogP contribution is 2.49. The summed E-state index contributed by atoms with van der Waals surface area (Å²) in [5.41, 5.74) is -3.71. The molecule has 30 heavy (non-hydrogen) atoms. The van der Waals surface area contributed by atoms with Crippen LogP contribution in [0.4, 0.5) is 26.3 Å². The van der Waals surface area contributed by atoms with E-state index in [4.69, 9.17) is 0 Å². The lowest BCUT2D eigenvalue weighted by atomic mass is 10.0. The Morgan fingerprint density at radius 2 is 1.33 bits per heavy atom. The summed E-state index contributed by atoms with van der Waals surface area (Å²) >= 11 is 0. The molecule has 0 saturated heterocycles. The van der Waals surface area contributed by atoms with Gasteiger partial charge in [0.05, 0.1) is 6.04 Å². The fourth-order valence-electron chi connectivity index (χ4n) is 3.34. The molecule has 0 N–H and O–H groups in total. The first kappa shape index (κ1) is 21.9. The Bertz CT molecular complexity index is 919. The van der Waals surface area contributed by atoms with E-state index < -0.39 is 29.9 Å². The number of hydrogen-bond acceptors (Lipinski definition) is 3. The van der Waals surface area contributed by atoms with Crippen molar-refractivity contribution in [1.82, 2.24) is 4.90 Å². The van der Waals surface area contributed by atoms with Gasteiger partial charge in [0.15, 0.2) is 0 Å². The highest BCUT2D eigenvalue weighted by Gasteiger charge is 2.73. The lowest BCUT2D eigenvalue weighted by Crippen LogP contribution is -2.59. The lowest BCUT2D eigenvalue weighted by molar-refractivity contribution is -0.293. The molecule has 0 spiro atoms. The van der Waals surface area contributed by atoms with Gasteiger partial charge in [-0.2, -0.15) is 26.3 Å². The third-order valence-electron chi connectivity index (χ3n) is 4.87. The summed E-state index contributed by atoms with van der Waals surface area (Å²) in [5.74, 6) is -0.761. The Kier molecular flexibility index (Phi) is 5.66.